The smallest absolute Gasteiger partial charge is 0.0491 e. The van der Waals surface area contributed by atoms with Gasteiger partial charge in [-0.3, -0.25) is 0 Å². The van der Waals surface area contributed by atoms with Crippen molar-refractivity contribution in [2.75, 3.05) is 0 Å². The summed E-state index contributed by atoms with van der Waals surface area (Å²) in [6.45, 7) is 12.0. The van der Waals surface area contributed by atoms with E-state index in [4.69, 9.17) is 0 Å². The van der Waals surface area contributed by atoms with E-state index in [-0.39, 0.29) is 0 Å². The molecule has 0 aromatic carbocycles. The van der Waals surface area contributed by atoms with Crippen LogP contribution in [-0.2, 0) is 20.9 Å². The van der Waals surface area contributed by atoms with Crippen LogP contribution in [0.4, 0.5) is 0 Å². The van der Waals surface area contributed by atoms with Crippen LogP contribution in [0.2, 0.25) is 0 Å². The van der Waals surface area contributed by atoms with Gasteiger partial charge in [0.25, 0.3) is 0 Å². The molecular formula is C19H38NNb-3. The fraction of sp³-hybridized carbons (Fsp3) is 0.842. The minimum Gasteiger partial charge on any atom is -0.344 e. The summed E-state index contributed by atoms with van der Waals surface area (Å²) in [6, 6.07) is 0.531. The normalized spacial score (nSPS) is 18.1. The Hall–Kier alpha value is 0.540. The minimum atomic E-state index is 0.531. The first kappa shape index (κ1) is 23.8. The summed E-state index contributed by atoms with van der Waals surface area (Å²) in [4.78, 5) is 0. The summed E-state index contributed by atoms with van der Waals surface area (Å²) in [6.07, 6.45) is 18.5. The molecule has 2 aliphatic carbocycles. The summed E-state index contributed by atoms with van der Waals surface area (Å²) in [5.41, 5.74) is 0. The number of hydrogen-bond acceptors (Lipinski definition) is 1. The Morgan fingerprint density at radius 1 is 1.05 bits per heavy atom. The Labute approximate surface area is 147 Å². The van der Waals surface area contributed by atoms with E-state index < -0.39 is 0 Å². The SMILES string of the molecule is CC(C)[N]=[Nb].CC1CC[CH-]CC1.[CH-]1CCCCC1.[CH2-]CC. The van der Waals surface area contributed by atoms with Crippen molar-refractivity contribution in [2.24, 2.45) is 9.26 Å². The first-order chi connectivity index (χ1) is 10.1. The van der Waals surface area contributed by atoms with Crippen molar-refractivity contribution < 1.29 is 20.9 Å². The van der Waals surface area contributed by atoms with Crippen molar-refractivity contribution in [1.29, 1.82) is 0 Å². The average Bonchev–Trinajstić information content (AvgIpc) is 2.52. The third-order valence-corrected chi connectivity index (χ3v) is 4.41. The number of nitrogens with zero attached hydrogens (tertiary/aromatic N) is 1. The first-order valence-corrected chi connectivity index (χ1v) is 9.83. The van der Waals surface area contributed by atoms with Gasteiger partial charge in [0.05, 0.1) is 0 Å². The van der Waals surface area contributed by atoms with Gasteiger partial charge in [-0.1, -0.05) is 46.0 Å². The van der Waals surface area contributed by atoms with Gasteiger partial charge in [0.15, 0.2) is 0 Å². The van der Waals surface area contributed by atoms with E-state index in [0.717, 1.165) is 12.3 Å². The monoisotopic (exact) mass is 373 g/mol. The number of rotatable bonds is 1. The zero-order valence-corrected chi connectivity index (χ0v) is 17.2. The summed E-state index contributed by atoms with van der Waals surface area (Å²) >= 11 is 1.53. The largest absolute Gasteiger partial charge is 0.344 e. The predicted octanol–water partition coefficient (Wildman–Crippen LogP) is 6.91. The molecule has 0 radical (unpaired) electrons. The molecule has 2 fully saturated rings. The van der Waals surface area contributed by atoms with Crippen LogP contribution in [0.1, 0.15) is 91.9 Å². The van der Waals surface area contributed by atoms with Crippen LogP contribution in [0, 0.1) is 25.7 Å². The van der Waals surface area contributed by atoms with Gasteiger partial charge in [-0.05, 0) is 5.92 Å². The van der Waals surface area contributed by atoms with Crippen LogP contribution in [0.3, 0.4) is 0 Å². The topological polar surface area (TPSA) is 12.4 Å². The van der Waals surface area contributed by atoms with Crippen LogP contribution in [0.5, 0.6) is 0 Å². The maximum atomic E-state index is 3.94. The van der Waals surface area contributed by atoms with Crippen LogP contribution in [0.25, 0.3) is 0 Å². The number of hydrogen-bond donors (Lipinski definition) is 0. The Balaban J connectivity index is 0. The van der Waals surface area contributed by atoms with Gasteiger partial charge in [-0.2, -0.15) is 32.1 Å². The third kappa shape index (κ3) is 25.8. The summed E-state index contributed by atoms with van der Waals surface area (Å²) < 4.78 is 3.94. The molecule has 0 bridgehead atoms. The van der Waals surface area contributed by atoms with Crippen molar-refractivity contribution in [3.63, 3.8) is 0 Å². The molecule has 0 saturated heterocycles. The van der Waals surface area contributed by atoms with Gasteiger partial charge in [0.1, 0.15) is 0 Å². The van der Waals surface area contributed by atoms with Crippen molar-refractivity contribution in [1.82, 2.24) is 0 Å². The molecule has 0 spiro atoms. The maximum Gasteiger partial charge on any atom is -0.0491 e. The van der Waals surface area contributed by atoms with Crippen molar-refractivity contribution in [2.45, 2.75) is 97.9 Å². The Morgan fingerprint density at radius 3 is 1.57 bits per heavy atom. The van der Waals surface area contributed by atoms with E-state index in [1.54, 1.807) is 0 Å². The molecule has 1 nitrogen and oxygen atoms in total. The molecule has 21 heavy (non-hydrogen) atoms. The molecule has 0 aromatic heterocycles. The second-order valence-corrected chi connectivity index (χ2v) is 6.75. The van der Waals surface area contributed by atoms with Crippen LogP contribution in [-0.4, -0.2) is 6.04 Å². The van der Waals surface area contributed by atoms with Gasteiger partial charge in [-0.15, -0.1) is 0 Å². The maximum absolute atomic E-state index is 3.94. The van der Waals surface area contributed by atoms with Crippen LogP contribution in [0.15, 0.2) is 3.34 Å². The zero-order valence-electron chi connectivity index (χ0n) is 15.0. The Bertz CT molecular complexity index is 170. The molecule has 0 N–H and O–H groups in total. The molecule has 0 heterocycles. The van der Waals surface area contributed by atoms with E-state index in [0.29, 0.717) is 6.04 Å². The molecular weight excluding hydrogens is 335 g/mol. The third-order valence-electron chi connectivity index (χ3n) is 3.27. The quantitative estimate of drug-likeness (QED) is 0.350. The van der Waals surface area contributed by atoms with Crippen molar-refractivity contribution in [3.05, 3.63) is 19.8 Å². The molecule has 2 aliphatic rings. The summed E-state index contributed by atoms with van der Waals surface area (Å²) in [5.74, 6) is 1.00. The summed E-state index contributed by atoms with van der Waals surface area (Å²) in [5, 5.41) is 0. The predicted molar refractivity (Wildman–Crippen MR) is 92.5 cm³/mol. The molecule has 0 unspecified atom stereocenters. The van der Waals surface area contributed by atoms with Crippen molar-refractivity contribution >= 4 is 0 Å². The van der Waals surface area contributed by atoms with E-state index in [9.17, 15) is 0 Å². The molecule has 0 aromatic rings. The van der Waals surface area contributed by atoms with E-state index >= 15 is 0 Å². The Kier molecular flexibility index (Phi) is 23.3. The van der Waals surface area contributed by atoms with Crippen LogP contribution < -0.4 is 0 Å². The molecule has 2 rings (SSSR count). The van der Waals surface area contributed by atoms with E-state index in [1.807, 2.05) is 6.92 Å². The standard InChI is InChI=1S/C7H13.C6H11.C3H7N.C3H7.Nb/c1-7-5-3-2-4-6-7;1-2-4-6-5-3-1;1-3(2)4;1-3-2;/h2,7H,3-6H2,1H3;1H,2-6H2;3H,1-2H3;1,3H2,2H3;/q2*-1;;-1;. The Morgan fingerprint density at radius 2 is 1.43 bits per heavy atom. The van der Waals surface area contributed by atoms with E-state index in [1.165, 1.54) is 78.7 Å². The molecule has 0 amide bonds. The molecule has 2 saturated carbocycles. The molecule has 0 atom stereocenters. The second kappa shape index (κ2) is 20.5. The first-order valence-electron chi connectivity index (χ1n) is 8.85. The molecule has 2 heteroatoms. The van der Waals surface area contributed by atoms with Gasteiger partial charge in [0, 0.05) is 0 Å². The van der Waals surface area contributed by atoms with Gasteiger partial charge < -0.3 is 19.8 Å². The van der Waals surface area contributed by atoms with Crippen LogP contribution >= 0.6 is 0 Å². The van der Waals surface area contributed by atoms with Gasteiger partial charge >= 0.3 is 44.1 Å². The fourth-order valence-corrected chi connectivity index (χ4v) is 1.99. The van der Waals surface area contributed by atoms with E-state index in [2.05, 4.69) is 43.9 Å². The van der Waals surface area contributed by atoms with Gasteiger partial charge in [-0.25, -0.2) is 0 Å². The second-order valence-electron chi connectivity index (χ2n) is 6.18. The molecule has 0 aliphatic heterocycles. The average molecular weight is 373 g/mol. The molecule has 127 valence electrons. The van der Waals surface area contributed by atoms with Gasteiger partial charge in [0.2, 0.25) is 0 Å². The fourth-order valence-electron chi connectivity index (χ4n) is 1.99. The summed E-state index contributed by atoms with van der Waals surface area (Å²) in [7, 11) is 0. The van der Waals surface area contributed by atoms with Crippen molar-refractivity contribution in [3.8, 4) is 0 Å². The zero-order chi connectivity index (χ0) is 16.3. The minimum absolute atomic E-state index is 0.531.